The molecule has 2 rings (SSSR count). The van der Waals surface area contributed by atoms with Gasteiger partial charge in [-0.05, 0) is 26.2 Å². The molecule has 2 fully saturated rings. The van der Waals surface area contributed by atoms with E-state index in [1.807, 2.05) is 13.8 Å². The van der Waals surface area contributed by atoms with Gasteiger partial charge in [-0.3, -0.25) is 33.7 Å². The Morgan fingerprint density at radius 3 is 2.18 bits per heavy atom. The lowest BCUT2D eigenvalue weighted by atomic mass is 9.88. The number of likely N-dealkylation sites (tertiary alicyclic amines) is 1. The number of aliphatic carboxylic acids is 1. The molecule has 0 bridgehead atoms. The second-order valence-electron chi connectivity index (χ2n) is 14.5. The Hall–Kier alpha value is -3.29. The number of epoxide rings is 1. The van der Waals surface area contributed by atoms with Gasteiger partial charge < -0.3 is 48.5 Å². The molecule has 0 radical (unpaired) electrons. The number of amides is 4. The van der Waals surface area contributed by atoms with Gasteiger partial charge >= 0.3 is 11.9 Å². The van der Waals surface area contributed by atoms with Crippen molar-refractivity contribution in [2.75, 3.05) is 91.9 Å². The highest BCUT2D eigenvalue weighted by Gasteiger charge is 2.57. The van der Waals surface area contributed by atoms with E-state index in [1.54, 1.807) is 0 Å². The average Bonchev–Trinajstić information content (AvgIpc) is 3.73. The lowest BCUT2D eigenvalue weighted by Gasteiger charge is -2.26. The maximum absolute atomic E-state index is 12.9. The summed E-state index contributed by atoms with van der Waals surface area (Å²) in [5.41, 5.74) is -0.638. The summed E-state index contributed by atoms with van der Waals surface area (Å²) in [6.07, 6.45) is 0.584. The van der Waals surface area contributed by atoms with Gasteiger partial charge in [-0.25, -0.2) is 0 Å². The van der Waals surface area contributed by atoms with Crippen LogP contribution in [0.1, 0.15) is 66.7 Å². The summed E-state index contributed by atoms with van der Waals surface area (Å²) in [6.45, 7) is 16.3. The van der Waals surface area contributed by atoms with Gasteiger partial charge in [0, 0.05) is 51.1 Å². The van der Waals surface area contributed by atoms with Crippen LogP contribution >= 0.6 is 11.8 Å². The standard InChI is InChI=1S/C38H63N3O14S/c1-26(2)22-29(54-27(3)4)28(5)36-38(6,55-36)25-53-35(47)24-40(7)32(43)10-21-56-30-23-33(44)41(37(30)48)12-8-31(42)39-11-14-50-16-18-52-20-19-51-17-15-49-13-9-34(45)46/h26,28-30,36H,3,8-25H2,1-2,4-7H3,(H,39,42)(H,45,46)/t28-,29?,30?,36+,38+/m1/s1. The molecule has 2 N–H and O–H groups in total. The van der Waals surface area contributed by atoms with Crippen LogP contribution < -0.4 is 5.32 Å². The van der Waals surface area contributed by atoms with Gasteiger partial charge in [-0.15, -0.1) is 11.8 Å². The molecular weight excluding hydrogens is 754 g/mol. The molecule has 4 amide bonds. The van der Waals surface area contributed by atoms with E-state index in [2.05, 4.69) is 32.7 Å². The third-order valence-electron chi connectivity index (χ3n) is 8.92. The SMILES string of the molecule is C=C(C)OC(CC(C)C)[C@@H](C)[C@@H]1O[C@@]1(C)COC(=O)CN(C)C(=O)CCSC1CC(=O)N(CCC(=O)NCCOCCOCCOCCOCCC(=O)O)C1=O. The number of imide groups is 1. The Bertz CT molecular complexity index is 1300. The van der Waals surface area contributed by atoms with Crippen LogP contribution in [0.5, 0.6) is 0 Å². The van der Waals surface area contributed by atoms with E-state index >= 15 is 0 Å². The molecule has 2 aliphatic heterocycles. The average molecular weight is 818 g/mol. The number of hydrogen-bond acceptors (Lipinski definition) is 14. The summed E-state index contributed by atoms with van der Waals surface area (Å²) in [5, 5.41) is 10.6. The first-order valence-corrected chi connectivity index (χ1v) is 20.2. The molecule has 320 valence electrons. The third kappa shape index (κ3) is 19.2. The Morgan fingerprint density at radius 1 is 0.982 bits per heavy atom. The van der Waals surface area contributed by atoms with Crippen molar-refractivity contribution in [2.45, 2.75) is 89.8 Å². The van der Waals surface area contributed by atoms with E-state index in [0.29, 0.717) is 51.3 Å². The number of thioether (sulfide) groups is 1. The van der Waals surface area contributed by atoms with E-state index in [-0.39, 0.29) is 113 Å². The van der Waals surface area contributed by atoms with Crippen LogP contribution in [0, 0.1) is 11.8 Å². The number of rotatable bonds is 32. The largest absolute Gasteiger partial charge is 0.495 e. The Balaban J connectivity index is 1.54. The number of nitrogens with zero attached hydrogens (tertiary/aromatic N) is 2. The monoisotopic (exact) mass is 817 g/mol. The number of ether oxygens (including phenoxy) is 7. The molecule has 18 heteroatoms. The third-order valence-corrected chi connectivity index (χ3v) is 10.1. The van der Waals surface area contributed by atoms with Crippen molar-refractivity contribution in [3.63, 3.8) is 0 Å². The van der Waals surface area contributed by atoms with Crippen molar-refractivity contribution < 1.29 is 67.0 Å². The van der Waals surface area contributed by atoms with E-state index in [0.717, 1.165) is 11.3 Å². The van der Waals surface area contributed by atoms with Gasteiger partial charge in [0.1, 0.15) is 24.9 Å². The van der Waals surface area contributed by atoms with Crippen LogP contribution in [0.25, 0.3) is 0 Å². The van der Waals surface area contributed by atoms with Crippen LogP contribution in [0.4, 0.5) is 0 Å². The number of nitrogens with one attached hydrogen (secondary N) is 1. The molecule has 2 unspecified atom stereocenters. The van der Waals surface area contributed by atoms with Crippen LogP contribution in [0.2, 0.25) is 0 Å². The molecule has 2 saturated heterocycles. The lowest BCUT2D eigenvalue weighted by molar-refractivity contribution is -0.149. The fraction of sp³-hybridized carbons (Fsp3) is 0.789. The van der Waals surface area contributed by atoms with Crippen molar-refractivity contribution in [3.8, 4) is 0 Å². The lowest BCUT2D eigenvalue weighted by Crippen LogP contribution is -2.36. The molecule has 2 heterocycles. The van der Waals surface area contributed by atoms with E-state index in [1.165, 1.54) is 23.7 Å². The number of carboxylic acids is 1. The van der Waals surface area contributed by atoms with Gasteiger partial charge in [0.15, 0.2) is 0 Å². The summed E-state index contributed by atoms with van der Waals surface area (Å²) in [5.74, 6) is -1.46. The fourth-order valence-corrected chi connectivity index (χ4v) is 6.97. The van der Waals surface area contributed by atoms with Gasteiger partial charge in [-0.2, -0.15) is 0 Å². The maximum Gasteiger partial charge on any atom is 0.325 e. The normalized spacial score (nSPS) is 20.2. The van der Waals surface area contributed by atoms with Crippen LogP contribution in [-0.4, -0.2) is 165 Å². The molecule has 56 heavy (non-hydrogen) atoms. The van der Waals surface area contributed by atoms with Gasteiger partial charge in [-0.1, -0.05) is 27.4 Å². The van der Waals surface area contributed by atoms with Gasteiger partial charge in [0.05, 0.1) is 76.4 Å². The minimum Gasteiger partial charge on any atom is -0.495 e. The highest BCUT2D eigenvalue weighted by atomic mass is 32.2. The predicted molar refractivity (Wildman–Crippen MR) is 206 cm³/mol. The van der Waals surface area contributed by atoms with Crippen LogP contribution in [-0.2, 0) is 61.9 Å². The molecule has 0 saturated carbocycles. The summed E-state index contributed by atoms with van der Waals surface area (Å²) >= 11 is 1.20. The van der Waals surface area contributed by atoms with Gasteiger partial charge in [0.2, 0.25) is 23.6 Å². The number of carboxylic acid groups (broad SMARTS) is 1. The van der Waals surface area contributed by atoms with Crippen LogP contribution in [0.15, 0.2) is 12.3 Å². The Labute approximate surface area is 334 Å². The molecule has 5 atom stereocenters. The van der Waals surface area contributed by atoms with E-state index in [9.17, 15) is 28.8 Å². The minimum atomic E-state index is -0.911. The molecule has 0 aliphatic carbocycles. The highest BCUT2D eigenvalue weighted by Crippen LogP contribution is 2.44. The summed E-state index contributed by atoms with van der Waals surface area (Å²) in [4.78, 5) is 75.7. The number of likely N-dealkylation sites (N-methyl/N-ethyl adjacent to an activating group) is 1. The second-order valence-corrected chi connectivity index (χ2v) is 15.8. The van der Waals surface area contributed by atoms with Crippen molar-refractivity contribution in [3.05, 3.63) is 12.3 Å². The predicted octanol–water partition coefficient (Wildman–Crippen LogP) is 2.04. The molecule has 17 nitrogen and oxygen atoms in total. The van der Waals surface area contributed by atoms with Crippen molar-refractivity contribution >= 4 is 47.3 Å². The molecule has 0 aromatic carbocycles. The molecule has 0 aromatic rings. The van der Waals surface area contributed by atoms with E-state index < -0.39 is 22.8 Å². The zero-order chi connectivity index (χ0) is 41.7. The minimum absolute atomic E-state index is 0.00941. The van der Waals surface area contributed by atoms with Crippen molar-refractivity contribution in [1.82, 2.24) is 15.1 Å². The zero-order valence-corrected chi connectivity index (χ0v) is 34.7. The molecule has 0 aromatic heterocycles. The molecular formula is C38H63N3O14S. The first kappa shape index (κ1) is 48.9. The van der Waals surface area contributed by atoms with Crippen molar-refractivity contribution in [1.29, 1.82) is 0 Å². The Morgan fingerprint density at radius 2 is 1.59 bits per heavy atom. The summed E-state index contributed by atoms with van der Waals surface area (Å²) in [6, 6.07) is 0. The topological polar surface area (TPSA) is 209 Å². The first-order valence-electron chi connectivity index (χ1n) is 19.2. The quantitative estimate of drug-likeness (QED) is 0.0327. The number of hydrogen-bond donors (Lipinski definition) is 2. The maximum atomic E-state index is 12.9. The zero-order valence-electron chi connectivity index (χ0n) is 33.9. The molecule has 2 aliphatic rings. The molecule has 0 spiro atoms. The van der Waals surface area contributed by atoms with Gasteiger partial charge in [0.25, 0.3) is 0 Å². The highest BCUT2D eigenvalue weighted by molar-refractivity contribution is 8.00. The summed E-state index contributed by atoms with van der Waals surface area (Å²) in [7, 11) is 1.51. The summed E-state index contributed by atoms with van der Waals surface area (Å²) < 4.78 is 38.6. The van der Waals surface area contributed by atoms with Crippen LogP contribution in [0.3, 0.4) is 0 Å². The Kier molecular flexibility index (Phi) is 22.6. The van der Waals surface area contributed by atoms with E-state index in [4.69, 9.17) is 38.3 Å². The number of allylic oxidation sites excluding steroid dienone is 1. The fourth-order valence-electron chi connectivity index (χ4n) is 5.86. The van der Waals surface area contributed by atoms with Crippen molar-refractivity contribution in [2.24, 2.45) is 11.8 Å². The number of esters is 1. The second kappa shape index (κ2) is 25.9. The first-order chi connectivity index (χ1) is 26.5. The number of carbonyl (C=O) groups excluding carboxylic acids is 5. The number of carbonyl (C=O) groups is 6. The smallest absolute Gasteiger partial charge is 0.325 e.